The second-order valence-electron chi connectivity index (χ2n) is 23.8. The molecule has 576 valence electrons. The van der Waals surface area contributed by atoms with Crippen LogP contribution < -0.4 is 162 Å². The molecule has 15 aromatic rings. The van der Waals surface area contributed by atoms with E-state index in [0.29, 0.717) is 43.6 Å². The molecule has 0 atom stereocenters. The number of aromatic hydroxyl groups is 2. The zero-order valence-electron chi connectivity index (χ0n) is 63.7. The van der Waals surface area contributed by atoms with Crippen LogP contribution in [0.2, 0.25) is 15.1 Å². The topological polar surface area (TPSA) is 139 Å². The first-order valence-electron chi connectivity index (χ1n) is 34.0. The zero-order valence-corrected chi connectivity index (χ0v) is 87.9. The normalized spacial score (nSPS) is 9.95. The fourth-order valence-electron chi connectivity index (χ4n) is 11.4. The number of methoxy groups -OCH3 is 2. The van der Waals surface area contributed by atoms with Crippen molar-refractivity contribution in [2.24, 2.45) is 4.74 Å². The third kappa shape index (κ3) is 30.5. The van der Waals surface area contributed by atoms with Gasteiger partial charge in [0.15, 0.2) is 0 Å². The van der Waals surface area contributed by atoms with Crippen LogP contribution in [0.25, 0.3) is 99.1 Å². The maximum Gasteiger partial charge on any atom is 1.00 e. The molecule has 0 saturated carbocycles. The van der Waals surface area contributed by atoms with Crippen LogP contribution in [0.1, 0.15) is 6.99 Å². The van der Waals surface area contributed by atoms with Crippen molar-refractivity contribution < 1.29 is 188 Å². The maximum absolute atomic E-state index is 12.5. The number of ether oxygens (including phenoxy) is 4. The molecule has 0 amide bonds. The third-order valence-electron chi connectivity index (χ3n) is 16.5. The summed E-state index contributed by atoms with van der Waals surface area (Å²) in [6.45, 7) is 1.52. The summed E-state index contributed by atoms with van der Waals surface area (Å²) in [6, 6.07) is 100. The molecule has 115 heavy (non-hydrogen) atoms. The van der Waals surface area contributed by atoms with Crippen molar-refractivity contribution in [2.45, 2.75) is 6.92 Å². The molecule has 10 nitrogen and oxygen atoms in total. The molecule has 0 heterocycles. The number of phenols is 2. The van der Waals surface area contributed by atoms with Crippen LogP contribution in [0.5, 0.6) is 46.0 Å². The van der Waals surface area contributed by atoms with Gasteiger partial charge in [0.2, 0.25) is 0 Å². The van der Waals surface area contributed by atoms with Gasteiger partial charge in [-0.3, -0.25) is 9.54 Å². The molecule has 0 aliphatic rings. The molecular formula is C90H70BBr5Cl5Cs2FNO9P. The number of carbonyl (C=O) groups excluding carboxylic acids is 1. The third-order valence-corrected chi connectivity index (χ3v) is 18.5. The van der Waals surface area contributed by atoms with E-state index in [4.69, 9.17) is 87.0 Å². The Bertz CT molecular complexity index is 5310. The van der Waals surface area contributed by atoms with Gasteiger partial charge in [-0.25, -0.2) is 4.39 Å². The summed E-state index contributed by atoms with van der Waals surface area (Å²) in [6.07, 6.45) is 0. The number of phenolic OH excluding ortho intramolecular Hbond substituents is 2. The van der Waals surface area contributed by atoms with Gasteiger partial charge in [-0.2, -0.15) is 0 Å². The van der Waals surface area contributed by atoms with Gasteiger partial charge >= 0.3 is 141 Å². The van der Waals surface area contributed by atoms with Crippen LogP contribution in [0.15, 0.2) is 323 Å². The summed E-state index contributed by atoms with van der Waals surface area (Å²) in [5.41, 5.74) is 12.4. The molecule has 0 aliphatic heterocycles. The smallest absolute Gasteiger partial charge is 1.00 e. The van der Waals surface area contributed by atoms with Crippen molar-refractivity contribution >= 4 is 188 Å². The van der Waals surface area contributed by atoms with Crippen LogP contribution in [-0.4, -0.2) is 46.5 Å². The summed E-state index contributed by atoms with van der Waals surface area (Å²) in [4.78, 5) is 11.2. The summed E-state index contributed by atoms with van der Waals surface area (Å²) in [5.74, 6) is 4.66. The minimum Gasteiger partial charge on any atom is -1.00 e. The monoisotopic (exact) mass is 2200 g/mol. The second kappa shape index (κ2) is 52.5. The first kappa shape index (κ1) is 99.2. The zero-order chi connectivity index (χ0) is 81.3. The molecule has 0 saturated heterocycles. The standard InChI is InChI=1S/C34H20Br2Cl2O2.C24H20O2.C22H16O2.C7H6ClF.CH2Cl2.CH4NP.CH2O3.BBr3.2Cs.H/c35-29-13-11-25(37)19-33(29)39-31-17-24-16-28(22-9-5-2-6-10-22)32(40-34-20-26(38)12-14-30(34)36)18-23(24)15-27(31)21-7-3-1-4-8-21;1-25-23-15-19-14-22(18-11-7-4-8-12-18)24(26-2)16-20(19)13-21(23)17-9-5-3-6-10-17;23-21-13-18-12-20(16-9-5-2-6-10-16)22(24)14-17(18)11-19(21)15-7-3-1-4-8-15;1-5-2-3-6(8)4-7(5)9;2-1-3;1-2-3;2-1-4-3;2-1(3)4;;;/h1-20H;3-16H,1-2H3;1-14,23-24H;2-4H,1H3;1H2;3H,1H3;1,3H;;;;/q;;;;;;;;2*+1;-1/p-1. The van der Waals surface area contributed by atoms with E-state index in [1.54, 1.807) is 64.6 Å². The van der Waals surface area contributed by atoms with Gasteiger partial charge in [0.05, 0.1) is 28.5 Å². The average molecular weight is 2210 g/mol. The van der Waals surface area contributed by atoms with E-state index in [0.717, 1.165) is 120 Å². The fraction of sp³-hybridized carbons (Fsp3) is 0.0556. The summed E-state index contributed by atoms with van der Waals surface area (Å²) in [7, 11) is 7.91. The first-order chi connectivity index (χ1) is 54.6. The molecule has 0 bridgehead atoms. The SMILES string of the molecule is BrB(Br)Br.CN=P.COc1cc2cc(-c3ccccc3)c(OC)cc2cc1-c1ccccc1.Cc1ccc(Cl)cc1F.ClCCl.Clc1ccc(Br)c(Oc2cc3cc(-c4ccccc4)c(Oc4cc(Cl)ccc4Br)cc3cc2-c2ccccc2)c1.O=CO[O-].Oc1cc2cc(-c3ccccc3)c(O)cc2cc1-c1ccccc1.[Cs+].[Cs+].[H-]. The number of alkyl halides is 2. The fourth-order valence-corrected chi connectivity index (χ4v) is 12.6. The van der Waals surface area contributed by atoms with Crippen LogP contribution in [0, 0.1) is 12.7 Å². The summed E-state index contributed by atoms with van der Waals surface area (Å²) in [5, 5.41) is 37.2. The van der Waals surface area contributed by atoms with Crippen molar-refractivity contribution in [2.75, 3.05) is 26.6 Å². The predicted molar refractivity (Wildman–Crippen MR) is 490 cm³/mol. The van der Waals surface area contributed by atoms with Gasteiger partial charge in [-0.15, -0.1) is 70.5 Å². The number of halogens is 11. The number of fused-ring (bicyclic) bond motifs is 3. The maximum atomic E-state index is 12.5. The molecule has 25 heteroatoms. The van der Waals surface area contributed by atoms with Crippen LogP contribution >= 0.6 is 146 Å². The number of carbonyl (C=O) groups is 1. The van der Waals surface area contributed by atoms with E-state index < -0.39 is 0 Å². The minimum absolute atomic E-state index is 0. The molecule has 0 unspecified atom stereocenters. The minimum atomic E-state index is -0.248. The molecule has 15 aromatic carbocycles. The van der Waals surface area contributed by atoms with Crippen molar-refractivity contribution in [1.82, 2.24) is 0 Å². The number of nitrogens with zero attached hydrogens (tertiary/aromatic N) is 1. The molecule has 0 aliphatic carbocycles. The van der Waals surface area contributed by atoms with E-state index in [9.17, 15) is 14.6 Å². The van der Waals surface area contributed by atoms with Crippen LogP contribution in [0.4, 0.5) is 4.39 Å². The summed E-state index contributed by atoms with van der Waals surface area (Å²) >= 11 is 44.1. The number of benzene rings is 15. The Morgan fingerprint density at radius 1 is 0.417 bits per heavy atom. The Morgan fingerprint density at radius 3 is 0.896 bits per heavy atom. The van der Waals surface area contributed by atoms with Crippen LogP contribution in [0.3, 0.4) is 0 Å². The number of aryl methyl sites for hydroxylation is 1. The molecule has 0 spiro atoms. The van der Waals surface area contributed by atoms with Gasteiger partial charge in [-0.05, 0) is 228 Å². The van der Waals surface area contributed by atoms with Gasteiger partial charge in [-0.1, -0.05) is 223 Å². The number of rotatable bonds is 13. The first-order valence-corrected chi connectivity index (χ1v) is 41.0. The number of hydrogen-bond donors (Lipinski definition) is 2. The summed E-state index contributed by atoms with van der Waals surface area (Å²) < 4.78 is 42.1. The van der Waals surface area contributed by atoms with Crippen molar-refractivity contribution in [1.29, 1.82) is 0 Å². The van der Waals surface area contributed by atoms with Gasteiger partial charge in [0.1, 0.15) is 51.8 Å². The molecule has 15 rings (SSSR count). The largest absolute Gasteiger partial charge is 1.00 e. The average Bonchev–Trinajstić information content (AvgIpc) is 0.777. The van der Waals surface area contributed by atoms with Gasteiger partial charge in [0, 0.05) is 67.6 Å². The quantitative estimate of drug-likeness (QED) is 0.0288. The van der Waals surface area contributed by atoms with Crippen molar-refractivity contribution in [3.63, 3.8) is 0 Å². The Morgan fingerprint density at radius 2 is 0.643 bits per heavy atom. The van der Waals surface area contributed by atoms with E-state index in [1.165, 1.54) is 6.07 Å². The Kier molecular flexibility index (Phi) is 45.3. The van der Waals surface area contributed by atoms with Gasteiger partial charge < -0.3 is 40.7 Å². The van der Waals surface area contributed by atoms with E-state index >= 15 is 0 Å². The Hall–Kier alpha value is -4.64. The number of hydrogen-bond acceptors (Lipinski definition) is 10. The van der Waals surface area contributed by atoms with E-state index in [-0.39, 0.29) is 172 Å². The molecule has 0 aromatic heterocycles. The van der Waals surface area contributed by atoms with Crippen molar-refractivity contribution in [3.05, 3.63) is 345 Å². The molecule has 0 radical (unpaired) electrons. The van der Waals surface area contributed by atoms with E-state index in [2.05, 4.69) is 195 Å². The van der Waals surface area contributed by atoms with Gasteiger partial charge in [0.25, 0.3) is 6.47 Å². The van der Waals surface area contributed by atoms with Crippen molar-refractivity contribution in [3.8, 4) is 113 Å². The second-order valence-corrected chi connectivity index (χ2v) is 34.5. The predicted octanol–water partition coefficient (Wildman–Crippen LogP) is 24.2. The van der Waals surface area contributed by atoms with Crippen LogP contribution in [-0.2, 0) is 9.68 Å². The molecular weight excluding hydrogens is 2140 g/mol. The molecule has 2 N–H and O–H groups in total. The Labute approximate surface area is 857 Å². The Balaban J connectivity index is 0.000000276. The molecule has 0 fully saturated rings. The van der Waals surface area contributed by atoms with E-state index in [1.807, 2.05) is 170 Å².